The molecule has 0 bridgehead atoms. The SMILES string of the molecule is C#CCN(C)C(=O)CC(C)(C)CC(=O)O. The van der Waals surface area contributed by atoms with E-state index in [4.69, 9.17) is 11.5 Å². The van der Waals surface area contributed by atoms with Crippen molar-refractivity contribution in [1.82, 2.24) is 4.90 Å². The number of terminal acetylenes is 1. The van der Waals surface area contributed by atoms with Gasteiger partial charge in [0.05, 0.1) is 13.0 Å². The van der Waals surface area contributed by atoms with Gasteiger partial charge in [-0.25, -0.2) is 0 Å². The highest BCUT2D eigenvalue weighted by Crippen LogP contribution is 2.25. The van der Waals surface area contributed by atoms with E-state index in [0.29, 0.717) is 0 Å². The number of aliphatic carboxylic acids is 1. The predicted molar refractivity (Wildman–Crippen MR) is 57.1 cm³/mol. The van der Waals surface area contributed by atoms with Crippen molar-refractivity contribution in [3.05, 3.63) is 0 Å². The Hall–Kier alpha value is -1.50. The molecule has 0 aliphatic heterocycles. The lowest BCUT2D eigenvalue weighted by Crippen LogP contribution is -2.32. The van der Waals surface area contributed by atoms with E-state index in [1.165, 1.54) is 4.90 Å². The third-order valence-electron chi connectivity index (χ3n) is 2.01. The maximum Gasteiger partial charge on any atom is 0.303 e. The number of rotatable bonds is 5. The van der Waals surface area contributed by atoms with Crippen molar-refractivity contribution in [1.29, 1.82) is 0 Å². The van der Waals surface area contributed by atoms with Crippen LogP contribution in [0.1, 0.15) is 26.7 Å². The van der Waals surface area contributed by atoms with Gasteiger partial charge in [-0.15, -0.1) is 6.42 Å². The van der Waals surface area contributed by atoms with Crippen LogP contribution in [0.5, 0.6) is 0 Å². The Kier molecular flexibility index (Phi) is 4.86. The van der Waals surface area contributed by atoms with E-state index in [2.05, 4.69) is 5.92 Å². The number of nitrogens with zero attached hydrogens (tertiary/aromatic N) is 1. The minimum absolute atomic E-state index is 0.0252. The summed E-state index contributed by atoms with van der Waals surface area (Å²) in [6.07, 6.45) is 5.24. The highest BCUT2D eigenvalue weighted by molar-refractivity contribution is 5.78. The van der Waals surface area contributed by atoms with Gasteiger partial charge in [0, 0.05) is 13.5 Å². The van der Waals surface area contributed by atoms with E-state index >= 15 is 0 Å². The summed E-state index contributed by atoms with van der Waals surface area (Å²) in [4.78, 5) is 23.5. The van der Waals surface area contributed by atoms with Crippen molar-refractivity contribution in [3.8, 4) is 12.3 Å². The largest absolute Gasteiger partial charge is 0.481 e. The molecule has 1 amide bonds. The second-order valence-corrected chi connectivity index (χ2v) is 4.37. The van der Waals surface area contributed by atoms with Crippen molar-refractivity contribution in [2.24, 2.45) is 5.41 Å². The zero-order valence-corrected chi connectivity index (χ0v) is 9.41. The van der Waals surface area contributed by atoms with Gasteiger partial charge in [0.25, 0.3) is 0 Å². The second-order valence-electron chi connectivity index (χ2n) is 4.37. The van der Waals surface area contributed by atoms with Gasteiger partial charge in [0.1, 0.15) is 0 Å². The van der Waals surface area contributed by atoms with Crippen molar-refractivity contribution in [2.75, 3.05) is 13.6 Å². The summed E-state index contributed by atoms with van der Waals surface area (Å²) < 4.78 is 0. The van der Waals surface area contributed by atoms with Crippen LogP contribution in [0.25, 0.3) is 0 Å². The third-order valence-corrected chi connectivity index (χ3v) is 2.01. The summed E-state index contributed by atoms with van der Waals surface area (Å²) in [6, 6.07) is 0. The topological polar surface area (TPSA) is 57.6 Å². The highest BCUT2D eigenvalue weighted by atomic mass is 16.4. The zero-order valence-electron chi connectivity index (χ0n) is 9.41. The van der Waals surface area contributed by atoms with Gasteiger partial charge >= 0.3 is 5.97 Å². The first kappa shape index (κ1) is 13.5. The average molecular weight is 211 g/mol. The van der Waals surface area contributed by atoms with Crippen LogP contribution in [0.3, 0.4) is 0 Å². The molecule has 0 unspecified atom stereocenters. The van der Waals surface area contributed by atoms with Crippen molar-refractivity contribution >= 4 is 11.9 Å². The molecule has 1 N–H and O–H groups in total. The lowest BCUT2D eigenvalue weighted by atomic mass is 9.85. The Morgan fingerprint density at radius 2 is 1.93 bits per heavy atom. The van der Waals surface area contributed by atoms with Crippen LogP contribution in [0.15, 0.2) is 0 Å². The highest BCUT2D eigenvalue weighted by Gasteiger charge is 2.26. The van der Waals surface area contributed by atoms with E-state index in [9.17, 15) is 9.59 Å². The van der Waals surface area contributed by atoms with Crippen LogP contribution in [0.2, 0.25) is 0 Å². The first-order valence-corrected chi connectivity index (χ1v) is 4.68. The van der Waals surface area contributed by atoms with E-state index in [1.54, 1.807) is 20.9 Å². The number of carbonyl (C=O) groups excluding carboxylic acids is 1. The lowest BCUT2D eigenvalue weighted by molar-refractivity contribution is -0.140. The molecule has 0 aromatic heterocycles. The smallest absolute Gasteiger partial charge is 0.303 e. The number of amides is 1. The summed E-state index contributed by atoms with van der Waals surface area (Å²) >= 11 is 0. The van der Waals surface area contributed by atoms with Crippen LogP contribution in [0, 0.1) is 17.8 Å². The number of carboxylic acids is 1. The van der Waals surface area contributed by atoms with Gasteiger partial charge in [0.2, 0.25) is 5.91 Å². The fraction of sp³-hybridized carbons (Fsp3) is 0.636. The maximum atomic E-state index is 11.6. The molecule has 15 heavy (non-hydrogen) atoms. The van der Waals surface area contributed by atoms with Crippen molar-refractivity contribution < 1.29 is 14.7 Å². The molecule has 4 heteroatoms. The van der Waals surface area contributed by atoms with Crippen molar-refractivity contribution in [3.63, 3.8) is 0 Å². The van der Waals surface area contributed by atoms with Crippen LogP contribution >= 0.6 is 0 Å². The normalized spacial score (nSPS) is 10.5. The molecule has 0 rings (SSSR count). The standard InChI is InChI=1S/C11H17NO3/c1-5-6-12(4)9(13)7-11(2,3)8-10(14)15/h1H,6-8H2,2-4H3,(H,14,15). The zero-order chi connectivity index (χ0) is 12.1. The molecule has 0 aromatic carbocycles. The molecule has 0 radical (unpaired) electrons. The molecule has 0 aliphatic rings. The molecule has 0 saturated carbocycles. The summed E-state index contributed by atoms with van der Waals surface area (Å²) in [5, 5.41) is 8.65. The number of hydrogen-bond donors (Lipinski definition) is 1. The summed E-state index contributed by atoms with van der Waals surface area (Å²) in [6.45, 7) is 3.76. The molecule has 0 aromatic rings. The lowest BCUT2D eigenvalue weighted by Gasteiger charge is -2.24. The van der Waals surface area contributed by atoms with E-state index in [-0.39, 0.29) is 25.3 Å². The van der Waals surface area contributed by atoms with Gasteiger partial charge in [0.15, 0.2) is 0 Å². The van der Waals surface area contributed by atoms with Crippen LogP contribution in [-0.4, -0.2) is 35.5 Å². The molecule has 84 valence electrons. The van der Waals surface area contributed by atoms with Crippen LogP contribution in [-0.2, 0) is 9.59 Å². The number of carbonyl (C=O) groups is 2. The first-order valence-electron chi connectivity index (χ1n) is 4.68. The van der Waals surface area contributed by atoms with Gasteiger partial charge in [-0.05, 0) is 5.41 Å². The Morgan fingerprint density at radius 1 is 1.40 bits per heavy atom. The quantitative estimate of drug-likeness (QED) is 0.689. The Balaban J connectivity index is 4.27. The first-order chi connectivity index (χ1) is 6.78. The number of hydrogen-bond acceptors (Lipinski definition) is 2. The number of carboxylic acid groups (broad SMARTS) is 1. The van der Waals surface area contributed by atoms with Gasteiger partial charge in [-0.3, -0.25) is 9.59 Å². The molecule has 0 atom stereocenters. The Labute approximate surface area is 90.3 Å². The summed E-state index contributed by atoms with van der Waals surface area (Å²) in [5.41, 5.74) is -0.536. The predicted octanol–water partition coefficient (Wildman–Crippen LogP) is 0.969. The molecule has 0 fully saturated rings. The second kappa shape index (κ2) is 5.40. The summed E-state index contributed by atoms with van der Waals surface area (Å²) in [5.74, 6) is 1.34. The Bertz CT molecular complexity index is 289. The molecule has 4 nitrogen and oxygen atoms in total. The van der Waals surface area contributed by atoms with Gasteiger partial charge < -0.3 is 10.0 Å². The molecule has 0 saturated heterocycles. The third kappa shape index (κ3) is 5.74. The fourth-order valence-electron chi connectivity index (χ4n) is 1.24. The maximum absolute atomic E-state index is 11.6. The van der Waals surface area contributed by atoms with Crippen molar-refractivity contribution in [2.45, 2.75) is 26.7 Å². The molecular formula is C11H17NO3. The van der Waals surface area contributed by atoms with Crippen LogP contribution in [0.4, 0.5) is 0 Å². The van der Waals surface area contributed by atoms with Gasteiger partial charge in [-0.2, -0.15) is 0 Å². The van der Waals surface area contributed by atoms with Gasteiger partial charge in [-0.1, -0.05) is 19.8 Å². The minimum atomic E-state index is -0.896. The monoisotopic (exact) mass is 211 g/mol. The summed E-state index contributed by atoms with van der Waals surface area (Å²) in [7, 11) is 1.61. The molecular weight excluding hydrogens is 194 g/mol. The van der Waals surface area contributed by atoms with Crippen LogP contribution < -0.4 is 0 Å². The fourth-order valence-corrected chi connectivity index (χ4v) is 1.24. The molecule has 0 spiro atoms. The molecule has 0 heterocycles. The van der Waals surface area contributed by atoms with E-state index in [1.807, 2.05) is 0 Å². The van der Waals surface area contributed by atoms with E-state index in [0.717, 1.165) is 0 Å². The average Bonchev–Trinajstić information content (AvgIpc) is 2.00. The Morgan fingerprint density at radius 3 is 2.33 bits per heavy atom. The molecule has 0 aliphatic carbocycles. The minimum Gasteiger partial charge on any atom is -0.481 e. The van der Waals surface area contributed by atoms with E-state index < -0.39 is 11.4 Å².